The molecule has 1 amide bonds. The van der Waals surface area contributed by atoms with Crippen LogP contribution in [0.4, 0.5) is 5.69 Å². The molecule has 0 atom stereocenters. The van der Waals surface area contributed by atoms with Gasteiger partial charge in [-0.15, -0.1) is 11.3 Å². The zero-order valence-electron chi connectivity index (χ0n) is 9.43. The topological polar surface area (TPSA) is 82.1 Å². The van der Waals surface area contributed by atoms with E-state index in [2.05, 4.69) is 10.3 Å². The van der Waals surface area contributed by atoms with Crippen molar-refractivity contribution in [3.8, 4) is 0 Å². The number of hydrogen-bond acceptors (Lipinski definition) is 6. The van der Waals surface area contributed by atoms with Gasteiger partial charge in [-0.25, -0.2) is 4.98 Å². The first kappa shape index (κ1) is 12.8. The maximum atomic E-state index is 10.9. The number of aromatic nitrogens is 1. The summed E-state index contributed by atoms with van der Waals surface area (Å²) in [6, 6.07) is 5.37. The molecule has 0 bridgehead atoms. The van der Waals surface area contributed by atoms with Crippen LogP contribution in [0.2, 0.25) is 0 Å². The quantitative estimate of drug-likeness (QED) is 0.848. The standard InChI is InChI=1S/C11H10N2O3S2/c1-6(14)12-7-2-3-8-9(4-7)18-11(13-8)17-5-10(15)16/h2-4H,5H2,1H3,(H,12,14)(H,15,16)/p-1. The molecular formula is C11H9N2O3S2-. The van der Waals surface area contributed by atoms with Crippen molar-refractivity contribution in [1.82, 2.24) is 4.98 Å². The summed E-state index contributed by atoms with van der Waals surface area (Å²) in [5.74, 6) is -1.36. The van der Waals surface area contributed by atoms with Gasteiger partial charge in [-0.3, -0.25) is 4.79 Å². The number of benzene rings is 1. The second kappa shape index (κ2) is 5.36. The number of nitrogens with zero attached hydrogens (tertiary/aromatic N) is 1. The lowest BCUT2D eigenvalue weighted by molar-refractivity contribution is -0.301. The van der Waals surface area contributed by atoms with E-state index in [1.165, 1.54) is 18.3 Å². The molecule has 5 nitrogen and oxygen atoms in total. The molecule has 2 aromatic rings. The Morgan fingerprint density at radius 2 is 2.28 bits per heavy atom. The Morgan fingerprint density at radius 3 is 2.94 bits per heavy atom. The predicted molar refractivity (Wildman–Crippen MR) is 69.7 cm³/mol. The zero-order valence-corrected chi connectivity index (χ0v) is 11.1. The Hall–Kier alpha value is -1.60. The van der Waals surface area contributed by atoms with Crippen LogP contribution < -0.4 is 10.4 Å². The van der Waals surface area contributed by atoms with Crippen LogP contribution in [0.5, 0.6) is 0 Å². The van der Waals surface area contributed by atoms with Crippen LogP contribution in [-0.4, -0.2) is 22.6 Å². The van der Waals surface area contributed by atoms with Crippen LogP contribution in [0.3, 0.4) is 0 Å². The van der Waals surface area contributed by atoms with Gasteiger partial charge in [0.1, 0.15) is 0 Å². The molecule has 94 valence electrons. The van der Waals surface area contributed by atoms with Crippen LogP contribution in [0.15, 0.2) is 22.5 Å². The van der Waals surface area contributed by atoms with Gasteiger partial charge in [-0.2, -0.15) is 0 Å². The molecule has 0 radical (unpaired) electrons. The first-order valence-corrected chi connectivity index (χ1v) is 6.85. The lowest BCUT2D eigenvalue weighted by Crippen LogP contribution is -2.24. The molecule has 1 N–H and O–H groups in total. The third-order valence-electron chi connectivity index (χ3n) is 2.00. The van der Waals surface area contributed by atoms with Gasteiger partial charge in [-0.1, -0.05) is 11.8 Å². The summed E-state index contributed by atoms with van der Waals surface area (Å²) in [7, 11) is 0. The Labute approximate surface area is 111 Å². The van der Waals surface area contributed by atoms with Crippen molar-refractivity contribution < 1.29 is 14.7 Å². The van der Waals surface area contributed by atoms with Crippen LogP contribution >= 0.6 is 23.1 Å². The average molecular weight is 281 g/mol. The smallest absolute Gasteiger partial charge is 0.221 e. The van der Waals surface area contributed by atoms with Crippen LogP contribution in [0.25, 0.3) is 10.2 Å². The molecule has 0 unspecified atom stereocenters. The maximum Gasteiger partial charge on any atom is 0.221 e. The molecular weight excluding hydrogens is 272 g/mol. The van der Waals surface area contributed by atoms with Gasteiger partial charge >= 0.3 is 0 Å². The number of anilines is 1. The molecule has 1 heterocycles. The second-order valence-corrected chi connectivity index (χ2v) is 5.76. The van der Waals surface area contributed by atoms with E-state index in [-0.39, 0.29) is 11.7 Å². The van der Waals surface area contributed by atoms with Gasteiger partial charge in [-0.05, 0) is 18.2 Å². The number of amides is 1. The van der Waals surface area contributed by atoms with Crippen LogP contribution in [-0.2, 0) is 9.59 Å². The Bertz CT molecular complexity index is 609. The number of thiazole rings is 1. The van der Waals surface area contributed by atoms with Crippen molar-refractivity contribution in [2.45, 2.75) is 11.3 Å². The van der Waals surface area contributed by atoms with Crippen LogP contribution in [0.1, 0.15) is 6.92 Å². The minimum atomic E-state index is -1.11. The van der Waals surface area contributed by atoms with Crippen molar-refractivity contribution in [1.29, 1.82) is 0 Å². The molecule has 0 aliphatic rings. The van der Waals surface area contributed by atoms with Crippen LogP contribution in [0, 0.1) is 0 Å². The summed E-state index contributed by atoms with van der Waals surface area (Å²) >= 11 is 2.52. The molecule has 0 saturated heterocycles. The normalized spacial score (nSPS) is 10.5. The van der Waals surface area contributed by atoms with Gasteiger partial charge in [0, 0.05) is 18.4 Å². The number of carbonyl (C=O) groups is 2. The first-order valence-electron chi connectivity index (χ1n) is 5.05. The summed E-state index contributed by atoms with van der Waals surface area (Å²) in [5, 5.41) is 13.0. The highest BCUT2D eigenvalue weighted by atomic mass is 32.2. The summed E-state index contributed by atoms with van der Waals surface area (Å²) in [6.07, 6.45) is 0. The SMILES string of the molecule is CC(=O)Nc1ccc2nc(SCC(=O)[O-])sc2c1. The highest BCUT2D eigenvalue weighted by molar-refractivity contribution is 8.01. The number of carbonyl (C=O) groups excluding carboxylic acids is 2. The minimum absolute atomic E-state index is 0.113. The summed E-state index contributed by atoms with van der Waals surface area (Å²) < 4.78 is 1.58. The summed E-state index contributed by atoms with van der Waals surface area (Å²) in [4.78, 5) is 25.6. The minimum Gasteiger partial charge on any atom is -0.549 e. The van der Waals surface area contributed by atoms with E-state index in [1.54, 1.807) is 12.1 Å². The van der Waals surface area contributed by atoms with Gasteiger partial charge in [0.2, 0.25) is 5.91 Å². The summed E-state index contributed by atoms with van der Waals surface area (Å²) in [6.45, 7) is 1.44. The average Bonchev–Trinajstić information content (AvgIpc) is 2.67. The predicted octanol–water partition coefficient (Wildman–Crippen LogP) is 1.10. The van der Waals surface area contributed by atoms with E-state index >= 15 is 0 Å². The van der Waals surface area contributed by atoms with Crippen molar-refractivity contribution in [3.63, 3.8) is 0 Å². The van der Waals surface area contributed by atoms with Gasteiger partial charge in [0.05, 0.1) is 16.2 Å². The van der Waals surface area contributed by atoms with Crippen molar-refractivity contribution >= 4 is 50.9 Å². The summed E-state index contributed by atoms with van der Waals surface area (Å²) in [5.41, 5.74) is 1.49. The van der Waals surface area contributed by atoms with Gasteiger partial charge in [0.25, 0.3) is 0 Å². The molecule has 0 aliphatic carbocycles. The molecule has 0 spiro atoms. The molecule has 7 heteroatoms. The number of rotatable bonds is 4. The molecule has 0 aliphatic heterocycles. The molecule has 1 aromatic heterocycles. The van der Waals surface area contributed by atoms with E-state index in [9.17, 15) is 14.7 Å². The van der Waals surface area contributed by atoms with E-state index in [0.717, 1.165) is 22.0 Å². The maximum absolute atomic E-state index is 10.9. The molecule has 18 heavy (non-hydrogen) atoms. The Balaban J connectivity index is 2.22. The number of aliphatic carboxylic acids is 1. The van der Waals surface area contributed by atoms with Gasteiger partial charge in [0.15, 0.2) is 4.34 Å². The monoisotopic (exact) mass is 281 g/mol. The largest absolute Gasteiger partial charge is 0.549 e. The lowest BCUT2D eigenvalue weighted by Gasteiger charge is -1.99. The molecule has 2 rings (SSSR count). The molecule has 1 aromatic carbocycles. The number of nitrogens with one attached hydrogen (secondary N) is 1. The Kier molecular flexibility index (Phi) is 3.83. The van der Waals surface area contributed by atoms with E-state index in [0.29, 0.717) is 10.0 Å². The Morgan fingerprint density at radius 1 is 1.50 bits per heavy atom. The zero-order chi connectivity index (χ0) is 13.1. The fourth-order valence-electron chi connectivity index (χ4n) is 1.37. The third-order valence-corrected chi connectivity index (χ3v) is 4.14. The number of thioether (sulfide) groups is 1. The molecule has 0 fully saturated rings. The number of hydrogen-bond donors (Lipinski definition) is 1. The third kappa shape index (κ3) is 3.21. The molecule has 0 saturated carbocycles. The van der Waals surface area contributed by atoms with Gasteiger partial charge < -0.3 is 15.2 Å². The fourth-order valence-corrected chi connectivity index (χ4v) is 3.19. The van der Waals surface area contributed by atoms with E-state index in [1.807, 2.05) is 6.07 Å². The number of carboxylic acid groups (broad SMARTS) is 1. The van der Waals surface area contributed by atoms with E-state index < -0.39 is 5.97 Å². The van der Waals surface area contributed by atoms with Crippen molar-refractivity contribution in [3.05, 3.63) is 18.2 Å². The number of fused-ring (bicyclic) bond motifs is 1. The van der Waals surface area contributed by atoms with Crippen molar-refractivity contribution in [2.75, 3.05) is 11.1 Å². The number of carboxylic acids is 1. The second-order valence-electron chi connectivity index (χ2n) is 3.50. The fraction of sp³-hybridized carbons (Fsp3) is 0.182. The van der Waals surface area contributed by atoms with E-state index in [4.69, 9.17) is 0 Å². The van der Waals surface area contributed by atoms with Crippen molar-refractivity contribution in [2.24, 2.45) is 0 Å². The highest BCUT2D eigenvalue weighted by Gasteiger charge is 2.06. The highest BCUT2D eigenvalue weighted by Crippen LogP contribution is 2.31. The lowest BCUT2D eigenvalue weighted by atomic mass is 10.3. The first-order chi connectivity index (χ1) is 8.54.